The molecule has 4 aromatic rings. The fourth-order valence-corrected chi connectivity index (χ4v) is 7.01. The highest BCUT2D eigenvalue weighted by atomic mass is 16.3. The van der Waals surface area contributed by atoms with Crippen LogP contribution in [-0.4, -0.2) is 0 Å². The van der Waals surface area contributed by atoms with Gasteiger partial charge in [0, 0.05) is 28.0 Å². The highest BCUT2D eigenvalue weighted by Gasteiger charge is 2.39. The zero-order valence-corrected chi connectivity index (χ0v) is 22.4. The van der Waals surface area contributed by atoms with Crippen LogP contribution < -0.4 is 4.57 Å². The van der Waals surface area contributed by atoms with Crippen LogP contribution in [0.2, 0.25) is 0 Å². The number of benzene rings is 2. The van der Waals surface area contributed by atoms with Crippen molar-refractivity contribution >= 4 is 21.9 Å². The van der Waals surface area contributed by atoms with Crippen molar-refractivity contribution in [2.24, 2.45) is 7.05 Å². The summed E-state index contributed by atoms with van der Waals surface area (Å²) >= 11 is 0. The smallest absolute Gasteiger partial charge is 0.216 e. The van der Waals surface area contributed by atoms with Crippen molar-refractivity contribution in [1.29, 1.82) is 0 Å². The van der Waals surface area contributed by atoms with E-state index in [4.69, 9.17) is 4.42 Å². The molecule has 0 spiro atoms. The first-order chi connectivity index (χ1) is 16.7. The molecule has 1 saturated carbocycles. The molecule has 0 N–H and O–H groups in total. The van der Waals surface area contributed by atoms with Crippen LogP contribution in [0.5, 0.6) is 0 Å². The number of nitrogens with zero attached hydrogens (tertiary/aromatic N) is 1. The van der Waals surface area contributed by atoms with Crippen molar-refractivity contribution < 1.29 is 8.98 Å². The second kappa shape index (κ2) is 7.95. The van der Waals surface area contributed by atoms with Crippen LogP contribution in [0.25, 0.3) is 33.2 Å². The molecule has 2 aliphatic carbocycles. The van der Waals surface area contributed by atoms with E-state index in [0.29, 0.717) is 5.92 Å². The van der Waals surface area contributed by atoms with Gasteiger partial charge in [0.05, 0.1) is 5.56 Å². The van der Waals surface area contributed by atoms with E-state index in [9.17, 15) is 0 Å². The molecule has 0 atom stereocenters. The summed E-state index contributed by atoms with van der Waals surface area (Å²) in [6.45, 7) is 11.8. The average molecular weight is 467 g/mol. The maximum absolute atomic E-state index is 6.93. The molecule has 2 aliphatic rings. The Bertz CT molecular complexity index is 1450. The first-order valence-electron chi connectivity index (χ1n) is 13.7. The monoisotopic (exact) mass is 466 g/mol. The maximum atomic E-state index is 6.93. The molecule has 0 amide bonds. The van der Waals surface area contributed by atoms with Crippen LogP contribution in [0.15, 0.2) is 47.0 Å². The molecule has 2 nitrogen and oxygen atoms in total. The number of rotatable bonds is 2. The molecule has 182 valence electrons. The van der Waals surface area contributed by atoms with Crippen molar-refractivity contribution in [2.75, 3.05) is 0 Å². The van der Waals surface area contributed by atoms with Gasteiger partial charge in [-0.3, -0.25) is 0 Å². The van der Waals surface area contributed by atoms with Gasteiger partial charge in [-0.25, -0.2) is 4.57 Å². The Balaban J connectivity index is 1.57. The summed E-state index contributed by atoms with van der Waals surface area (Å²) in [5, 5.41) is 2.49. The minimum absolute atomic E-state index is 0.111. The Morgan fingerprint density at radius 2 is 1.49 bits per heavy atom. The molecule has 0 saturated heterocycles. The maximum Gasteiger partial charge on any atom is 0.216 e. The second-order valence-corrected chi connectivity index (χ2v) is 12.7. The van der Waals surface area contributed by atoms with Crippen molar-refractivity contribution in [3.8, 4) is 11.3 Å². The lowest BCUT2D eigenvalue weighted by Crippen LogP contribution is -2.33. The first kappa shape index (κ1) is 22.8. The molecular weight excluding hydrogens is 426 g/mol. The summed E-state index contributed by atoms with van der Waals surface area (Å²) in [7, 11) is 2.20. The number of furan rings is 1. The van der Waals surface area contributed by atoms with Gasteiger partial charge >= 0.3 is 0 Å². The van der Waals surface area contributed by atoms with E-state index >= 15 is 0 Å². The van der Waals surface area contributed by atoms with Gasteiger partial charge in [-0.1, -0.05) is 71.2 Å². The Hall–Kier alpha value is -2.61. The Morgan fingerprint density at radius 3 is 2.23 bits per heavy atom. The molecule has 2 heteroatoms. The van der Waals surface area contributed by atoms with Crippen molar-refractivity contribution in [2.45, 2.75) is 96.3 Å². The third-order valence-corrected chi connectivity index (χ3v) is 9.29. The Morgan fingerprint density at radius 1 is 0.800 bits per heavy atom. The highest BCUT2D eigenvalue weighted by molar-refractivity contribution is 6.11. The van der Waals surface area contributed by atoms with E-state index in [1.54, 1.807) is 0 Å². The summed E-state index contributed by atoms with van der Waals surface area (Å²) in [4.78, 5) is 0. The Labute approximate surface area is 210 Å². The molecule has 6 rings (SSSR count). The molecule has 35 heavy (non-hydrogen) atoms. The SMILES string of the molecule is Cc1ccc2c(oc3c4c(ccc32)C(C)(C)CCC4(C)C)c1-c1ccc(C2CCCCC2)c[n+]1C. The van der Waals surface area contributed by atoms with Crippen molar-refractivity contribution in [3.63, 3.8) is 0 Å². The van der Waals surface area contributed by atoms with Gasteiger partial charge in [0.25, 0.3) is 0 Å². The van der Waals surface area contributed by atoms with Gasteiger partial charge in [0.1, 0.15) is 18.2 Å². The number of hydrogen-bond acceptors (Lipinski definition) is 1. The second-order valence-electron chi connectivity index (χ2n) is 12.7. The van der Waals surface area contributed by atoms with E-state index < -0.39 is 0 Å². The molecular formula is C33H40NO+. The van der Waals surface area contributed by atoms with Crippen molar-refractivity contribution in [1.82, 2.24) is 0 Å². The van der Waals surface area contributed by atoms with Crippen LogP contribution in [0.3, 0.4) is 0 Å². The lowest BCUT2D eigenvalue weighted by atomic mass is 9.63. The standard InChI is InChI=1S/C33H40NO/c1-21-12-14-24-25-15-16-26-29(33(4,5)19-18-32(26,2)3)31(25)35-30(24)28(21)27-17-13-23(20-34(27)6)22-10-8-7-9-11-22/h12-17,20,22H,7-11,18-19H2,1-6H3/q+1. The zero-order valence-electron chi connectivity index (χ0n) is 22.4. The van der Waals surface area contributed by atoms with E-state index in [1.165, 1.54) is 89.2 Å². The fourth-order valence-electron chi connectivity index (χ4n) is 7.01. The van der Waals surface area contributed by atoms with Gasteiger partial charge in [-0.15, -0.1) is 0 Å². The molecule has 0 aliphatic heterocycles. The number of pyridine rings is 1. The van der Waals surface area contributed by atoms with E-state index in [-0.39, 0.29) is 10.8 Å². The molecule has 1 fully saturated rings. The summed E-state index contributed by atoms with van der Waals surface area (Å²) in [5.41, 5.74) is 10.5. The summed E-state index contributed by atoms with van der Waals surface area (Å²) in [6.07, 6.45) is 11.6. The number of hydrogen-bond donors (Lipinski definition) is 0. The minimum Gasteiger partial charge on any atom is -0.455 e. The molecule has 0 unspecified atom stereocenters. The number of fused-ring (bicyclic) bond motifs is 5. The third-order valence-electron chi connectivity index (χ3n) is 9.29. The van der Waals surface area contributed by atoms with Crippen LogP contribution in [-0.2, 0) is 17.9 Å². The van der Waals surface area contributed by atoms with E-state index in [1.807, 2.05) is 0 Å². The predicted octanol–water partition coefficient (Wildman–Crippen LogP) is 8.78. The lowest BCUT2D eigenvalue weighted by molar-refractivity contribution is -0.660. The summed E-state index contributed by atoms with van der Waals surface area (Å²) in [5.74, 6) is 0.712. The molecule has 2 aromatic carbocycles. The Kier molecular flexibility index (Phi) is 5.18. The lowest BCUT2D eigenvalue weighted by Gasteiger charge is -2.41. The van der Waals surface area contributed by atoms with Gasteiger partial charge in [0.2, 0.25) is 5.69 Å². The molecule has 2 aromatic heterocycles. The molecule has 0 bridgehead atoms. The first-order valence-corrected chi connectivity index (χ1v) is 13.7. The quantitative estimate of drug-likeness (QED) is 0.270. The van der Waals surface area contributed by atoms with Crippen LogP contribution in [0.4, 0.5) is 0 Å². The average Bonchev–Trinajstić information content (AvgIpc) is 3.21. The van der Waals surface area contributed by atoms with Crippen LogP contribution >= 0.6 is 0 Å². The molecule has 2 heterocycles. The third kappa shape index (κ3) is 3.55. The number of aromatic nitrogens is 1. The normalized spacial score (nSPS) is 19.8. The zero-order chi connectivity index (χ0) is 24.5. The van der Waals surface area contributed by atoms with Crippen LogP contribution in [0.1, 0.15) is 101 Å². The minimum atomic E-state index is 0.111. The topological polar surface area (TPSA) is 17.0 Å². The summed E-state index contributed by atoms with van der Waals surface area (Å²) in [6, 6.07) is 13.9. The van der Waals surface area contributed by atoms with Gasteiger partial charge in [-0.05, 0) is 66.5 Å². The van der Waals surface area contributed by atoms with E-state index in [2.05, 4.69) is 88.8 Å². The van der Waals surface area contributed by atoms with E-state index in [0.717, 1.165) is 11.2 Å². The fraction of sp³-hybridized carbons (Fsp3) is 0.485. The van der Waals surface area contributed by atoms with Gasteiger partial charge in [-0.2, -0.15) is 0 Å². The number of aryl methyl sites for hydroxylation is 2. The summed E-state index contributed by atoms with van der Waals surface area (Å²) < 4.78 is 9.27. The van der Waals surface area contributed by atoms with Gasteiger partial charge in [0.15, 0.2) is 6.20 Å². The van der Waals surface area contributed by atoms with Crippen LogP contribution in [0, 0.1) is 6.92 Å². The predicted molar refractivity (Wildman–Crippen MR) is 146 cm³/mol. The van der Waals surface area contributed by atoms with Gasteiger partial charge < -0.3 is 4.42 Å². The molecule has 0 radical (unpaired) electrons. The largest absolute Gasteiger partial charge is 0.455 e. The van der Waals surface area contributed by atoms with Crippen molar-refractivity contribution in [3.05, 3.63) is 64.8 Å². The highest BCUT2D eigenvalue weighted by Crippen LogP contribution is 2.50.